The molecule has 0 aliphatic carbocycles. The van der Waals surface area contributed by atoms with Gasteiger partial charge >= 0.3 is 6.09 Å². The van der Waals surface area contributed by atoms with Gasteiger partial charge in [-0.15, -0.1) is 24.0 Å². The van der Waals surface area contributed by atoms with E-state index in [1.807, 2.05) is 32.6 Å². The van der Waals surface area contributed by atoms with Crippen LogP contribution in [-0.2, 0) is 14.6 Å². The molecule has 2 aliphatic rings. The van der Waals surface area contributed by atoms with Gasteiger partial charge in [0.05, 0.1) is 10.5 Å². The second-order valence-electron chi connectivity index (χ2n) is 9.96. The lowest BCUT2D eigenvalue weighted by molar-refractivity contribution is 0.0163. The van der Waals surface area contributed by atoms with Crippen molar-refractivity contribution >= 4 is 45.9 Å². The van der Waals surface area contributed by atoms with Crippen molar-refractivity contribution in [1.82, 2.24) is 15.1 Å². The van der Waals surface area contributed by atoms with E-state index in [4.69, 9.17) is 9.73 Å². The summed E-state index contributed by atoms with van der Waals surface area (Å²) in [5.41, 5.74) is -0.481. The largest absolute Gasteiger partial charge is 0.444 e. The number of carbonyl (C=O) groups excluding carboxylic acids is 1. The Morgan fingerprint density at radius 2 is 1.90 bits per heavy atom. The van der Waals surface area contributed by atoms with Gasteiger partial charge in [-0.2, -0.15) is 0 Å². The maximum atomic E-state index is 12.4. The molecule has 2 fully saturated rings. The number of nitrogens with one attached hydrogen (secondary N) is 1. The van der Waals surface area contributed by atoms with Gasteiger partial charge in [0, 0.05) is 39.3 Å². The number of sulfone groups is 1. The van der Waals surface area contributed by atoms with Gasteiger partial charge in [0.1, 0.15) is 5.60 Å². The first kappa shape index (κ1) is 28.3. The van der Waals surface area contributed by atoms with Gasteiger partial charge in [-0.25, -0.2) is 13.2 Å². The Bertz CT molecular complexity index is 734. The molecule has 1 atom stereocenters. The van der Waals surface area contributed by atoms with E-state index in [2.05, 4.69) is 10.2 Å². The fourth-order valence-electron chi connectivity index (χ4n) is 3.90. The van der Waals surface area contributed by atoms with Gasteiger partial charge in [-0.05, 0) is 66.7 Å². The van der Waals surface area contributed by atoms with Crippen LogP contribution in [0.5, 0.6) is 0 Å². The van der Waals surface area contributed by atoms with Crippen molar-refractivity contribution < 1.29 is 17.9 Å². The molecule has 1 N–H and O–H groups in total. The zero-order valence-electron chi connectivity index (χ0n) is 19.9. The average molecular weight is 573 g/mol. The van der Waals surface area contributed by atoms with Crippen molar-refractivity contribution in [2.24, 2.45) is 10.9 Å². The molecule has 0 saturated carbocycles. The summed E-state index contributed by atoms with van der Waals surface area (Å²) in [6.07, 6.45) is 2.72. The van der Waals surface area contributed by atoms with Crippen LogP contribution < -0.4 is 5.32 Å². The summed E-state index contributed by atoms with van der Waals surface area (Å²) in [7, 11) is -3.08. The molecule has 1 amide bonds. The van der Waals surface area contributed by atoms with Crippen molar-refractivity contribution in [2.45, 2.75) is 71.2 Å². The standard InChI is InChI=1S/C21H40N4O4S.HI/c1-7-22-18(25-13-14-30(27,28)21(5,6)16-25)23-11-10-17-9-8-12-24(15-17)19(26)29-20(2,3)4;/h17H,7-16H2,1-6H3,(H,22,23);1H. The van der Waals surface area contributed by atoms with Crippen LogP contribution in [0, 0.1) is 5.92 Å². The Morgan fingerprint density at radius 3 is 2.48 bits per heavy atom. The number of hydrogen-bond donors (Lipinski definition) is 1. The summed E-state index contributed by atoms with van der Waals surface area (Å²) in [5.74, 6) is 1.33. The lowest BCUT2D eigenvalue weighted by atomic mass is 9.95. The highest BCUT2D eigenvalue weighted by Gasteiger charge is 2.41. The van der Waals surface area contributed by atoms with Crippen LogP contribution in [0.15, 0.2) is 4.99 Å². The van der Waals surface area contributed by atoms with Gasteiger partial charge in [0.2, 0.25) is 0 Å². The number of piperidine rings is 1. The minimum Gasteiger partial charge on any atom is -0.444 e. The Kier molecular flexibility index (Phi) is 10.4. The van der Waals surface area contributed by atoms with Crippen molar-refractivity contribution in [3.63, 3.8) is 0 Å². The Hall–Kier alpha value is -0.780. The minimum atomic E-state index is -3.08. The number of likely N-dealkylation sites (tertiary alicyclic amines) is 1. The molecule has 182 valence electrons. The van der Waals surface area contributed by atoms with Crippen molar-refractivity contribution in [2.75, 3.05) is 45.0 Å². The van der Waals surface area contributed by atoms with E-state index in [9.17, 15) is 13.2 Å². The molecule has 10 heteroatoms. The highest BCUT2D eigenvalue weighted by Crippen LogP contribution is 2.24. The predicted octanol–water partition coefficient (Wildman–Crippen LogP) is 3.12. The number of carbonyl (C=O) groups is 1. The number of hydrogen-bond acceptors (Lipinski definition) is 5. The Morgan fingerprint density at radius 1 is 1.23 bits per heavy atom. The number of aliphatic imine (C=N–C) groups is 1. The van der Waals surface area contributed by atoms with Gasteiger partial charge in [0.25, 0.3) is 0 Å². The molecule has 0 aromatic rings. The van der Waals surface area contributed by atoms with E-state index in [-0.39, 0.29) is 35.8 Å². The summed E-state index contributed by atoms with van der Waals surface area (Å²) in [5, 5.41) is 3.30. The van der Waals surface area contributed by atoms with E-state index in [1.54, 1.807) is 13.8 Å². The monoisotopic (exact) mass is 572 g/mol. The Labute approximate surface area is 205 Å². The van der Waals surface area contributed by atoms with Gasteiger partial charge in [0.15, 0.2) is 15.8 Å². The number of rotatable bonds is 4. The van der Waals surface area contributed by atoms with E-state index < -0.39 is 20.2 Å². The number of amides is 1. The van der Waals surface area contributed by atoms with Gasteiger partial charge in [-0.1, -0.05) is 0 Å². The molecule has 2 aliphatic heterocycles. The molecule has 31 heavy (non-hydrogen) atoms. The van der Waals surface area contributed by atoms with Crippen LogP contribution in [0.4, 0.5) is 4.79 Å². The highest BCUT2D eigenvalue weighted by molar-refractivity contribution is 14.0. The summed E-state index contributed by atoms with van der Waals surface area (Å²) in [6.45, 7) is 15.0. The second kappa shape index (κ2) is 11.4. The molecule has 0 aromatic carbocycles. The molecule has 2 saturated heterocycles. The summed E-state index contributed by atoms with van der Waals surface area (Å²) >= 11 is 0. The number of ether oxygens (including phenoxy) is 1. The van der Waals surface area contributed by atoms with E-state index in [0.29, 0.717) is 32.1 Å². The van der Waals surface area contributed by atoms with Crippen molar-refractivity contribution in [3.05, 3.63) is 0 Å². The molecular weight excluding hydrogens is 531 g/mol. The number of guanidine groups is 1. The fraction of sp³-hybridized carbons (Fsp3) is 0.905. The van der Waals surface area contributed by atoms with Crippen LogP contribution in [0.1, 0.15) is 60.8 Å². The molecule has 1 unspecified atom stereocenters. The molecule has 0 aromatic heterocycles. The third-order valence-corrected chi connectivity index (χ3v) is 8.18. The Balaban J connectivity index is 0.00000480. The van der Waals surface area contributed by atoms with Crippen molar-refractivity contribution in [3.8, 4) is 0 Å². The topological polar surface area (TPSA) is 91.3 Å². The third-order valence-electron chi connectivity index (χ3n) is 5.65. The number of nitrogens with zero attached hydrogens (tertiary/aromatic N) is 3. The molecule has 0 radical (unpaired) electrons. The SMILES string of the molecule is CCNC(=NCCC1CCCN(C(=O)OC(C)(C)C)C1)N1CCS(=O)(=O)C(C)(C)C1.I. The normalized spacial score (nSPS) is 23.7. The van der Waals surface area contributed by atoms with Gasteiger partial charge < -0.3 is 19.9 Å². The maximum absolute atomic E-state index is 12.4. The van der Waals surface area contributed by atoms with Crippen molar-refractivity contribution in [1.29, 1.82) is 0 Å². The predicted molar refractivity (Wildman–Crippen MR) is 136 cm³/mol. The molecule has 2 rings (SSSR count). The van der Waals surface area contributed by atoms with E-state index in [1.165, 1.54) is 0 Å². The third kappa shape index (κ3) is 8.25. The van der Waals surface area contributed by atoms with Crippen LogP contribution in [-0.4, -0.2) is 85.6 Å². The summed E-state index contributed by atoms with van der Waals surface area (Å²) < 4.78 is 29.3. The maximum Gasteiger partial charge on any atom is 0.410 e. The zero-order chi connectivity index (χ0) is 22.6. The van der Waals surface area contributed by atoms with Crippen LogP contribution in [0.25, 0.3) is 0 Å². The first-order valence-electron chi connectivity index (χ1n) is 11.1. The first-order chi connectivity index (χ1) is 13.8. The van der Waals surface area contributed by atoms with E-state index >= 15 is 0 Å². The summed E-state index contributed by atoms with van der Waals surface area (Å²) in [6, 6.07) is 0. The molecular formula is C21H41IN4O4S. The van der Waals surface area contributed by atoms with E-state index in [0.717, 1.165) is 38.3 Å². The second-order valence-corrected chi connectivity index (χ2v) is 12.7. The lowest BCUT2D eigenvalue weighted by Crippen LogP contribution is -2.57. The summed E-state index contributed by atoms with van der Waals surface area (Å²) in [4.78, 5) is 21.0. The lowest BCUT2D eigenvalue weighted by Gasteiger charge is -2.39. The minimum absolute atomic E-state index is 0. The molecule has 0 bridgehead atoms. The molecule has 8 nitrogen and oxygen atoms in total. The average Bonchev–Trinajstić information content (AvgIpc) is 2.62. The quantitative estimate of drug-likeness (QED) is 0.316. The zero-order valence-corrected chi connectivity index (χ0v) is 23.1. The highest BCUT2D eigenvalue weighted by atomic mass is 127. The fourth-order valence-corrected chi connectivity index (χ4v) is 5.26. The van der Waals surface area contributed by atoms with Gasteiger partial charge in [-0.3, -0.25) is 4.99 Å². The number of halogens is 1. The first-order valence-corrected chi connectivity index (χ1v) is 12.7. The van der Waals surface area contributed by atoms with Crippen LogP contribution in [0.3, 0.4) is 0 Å². The smallest absolute Gasteiger partial charge is 0.410 e. The van der Waals surface area contributed by atoms with Crippen LogP contribution >= 0.6 is 24.0 Å². The molecule has 0 spiro atoms. The molecule has 2 heterocycles. The van der Waals surface area contributed by atoms with Crippen LogP contribution in [0.2, 0.25) is 0 Å².